The number of benzene rings is 2. The summed E-state index contributed by atoms with van der Waals surface area (Å²) in [6.07, 6.45) is 1.63. The van der Waals surface area contributed by atoms with Crippen molar-refractivity contribution < 1.29 is 14.3 Å². The molecule has 0 aliphatic heterocycles. The third kappa shape index (κ3) is 4.45. The number of thiophene rings is 1. The van der Waals surface area contributed by atoms with Crippen LogP contribution in [0.1, 0.15) is 20.7 Å². The van der Waals surface area contributed by atoms with Crippen LogP contribution in [0.25, 0.3) is 16.3 Å². The highest BCUT2D eigenvalue weighted by Gasteiger charge is 2.21. The third-order valence-electron chi connectivity index (χ3n) is 4.43. The highest BCUT2D eigenvalue weighted by Crippen LogP contribution is 2.28. The zero-order chi connectivity index (χ0) is 21.8. The smallest absolute Gasteiger partial charge is 0.273 e. The number of rotatable bonds is 5. The fourth-order valence-corrected chi connectivity index (χ4v) is 3.83. The first-order chi connectivity index (χ1) is 15.1. The predicted octanol–water partition coefficient (Wildman–Crippen LogP) is 4.34. The maximum absolute atomic E-state index is 12.9. The van der Waals surface area contributed by atoms with Gasteiger partial charge in [-0.15, -0.1) is 11.3 Å². The second-order valence-corrected chi connectivity index (χ2v) is 7.79. The standard InChI is InChI=1S/C22H17ClN4O3S/c1-30-18-12-14(23)9-10-16(18)21(28)24-25-22(29)17-13-27(15-6-3-2-4-7-15)26-20(17)19-8-5-11-31-19/h2-13H,1H3,(H,24,28)(H,25,29). The molecule has 0 saturated carbocycles. The van der Waals surface area contributed by atoms with Crippen molar-refractivity contribution in [1.29, 1.82) is 0 Å². The van der Waals surface area contributed by atoms with Gasteiger partial charge in [0.2, 0.25) is 0 Å². The quantitative estimate of drug-likeness (QED) is 0.441. The second kappa shape index (κ2) is 9.03. The summed E-state index contributed by atoms with van der Waals surface area (Å²) in [5.41, 5.74) is 6.78. The molecule has 2 amide bonds. The Morgan fingerprint density at radius 2 is 1.74 bits per heavy atom. The van der Waals surface area contributed by atoms with Gasteiger partial charge in [-0.1, -0.05) is 35.9 Å². The molecule has 7 nitrogen and oxygen atoms in total. The van der Waals surface area contributed by atoms with Crippen LogP contribution in [0.5, 0.6) is 5.75 Å². The monoisotopic (exact) mass is 452 g/mol. The predicted molar refractivity (Wildman–Crippen MR) is 120 cm³/mol. The van der Waals surface area contributed by atoms with Gasteiger partial charge in [0.15, 0.2) is 0 Å². The Kier molecular flexibility index (Phi) is 6.01. The van der Waals surface area contributed by atoms with Crippen LogP contribution >= 0.6 is 22.9 Å². The summed E-state index contributed by atoms with van der Waals surface area (Å²) in [5.74, 6) is -0.725. The number of amides is 2. The molecule has 4 aromatic rings. The molecule has 2 N–H and O–H groups in total. The number of ether oxygens (including phenoxy) is 1. The van der Waals surface area contributed by atoms with Crippen molar-refractivity contribution in [2.24, 2.45) is 0 Å². The van der Waals surface area contributed by atoms with Crippen LogP contribution in [0.15, 0.2) is 72.2 Å². The van der Waals surface area contributed by atoms with Crippen LogP contribution in [0.4, 0.5) is 0 Å². The lowest BCUT2D eigenvalue weighted by molar-refractivity contribution is 0.0845. The number of nitrogens with one attached hydrogen (secondary N) is 2. The van der Waals surface area contributed by atoms with Crippen LogP contribution in [0.2, 0.25) is 5.02 Å². The van der Waals surface area contributed by atoms with Gasteiger partial charge in [-0.3, -0.25) is 20.4 Å². The Hall–Kier alpha value is -3.62. The molecule has 0 saturated heterocycles. The number of para-hydroxylation sites is 1. The van der Waals surface area contributed by atoms with Gasteiger partial charge in [-0.25, -0.2) is 4.68 Å². The van der Waals surface area contributed by atoms with Crippen LogP contribution in [0, 0.1) is 0 Å². The SMILES string of the molecule is COc1cc(Cl)ccc1C(=O)NNC(=O)c1cn(-c2ccccc2)nc1-c1cccs1. The normalized spacial score (nSPS) is 10.5. The summed E-state index contributed by atoms with van der Waals surface area (Å²) in [7, 11) is 1.44. The first-order valence-corrected chi connectivity index (χ1v) is 10.5. The van der Waals surface area contributed by atoms with Gasteiger partial charge in [-0.2, -0.15) is 5.10 Å². The number of carbonyl (C=O) groups excluding carboxylic acids is 2. The van der Waals surface area contributed by atoms with Gasteiger partial charge in [-0.05, 0) is 41.8 Å². The minimum atomic E-state index is -0.532. The van der Waals surface area contributed by atoms with Gasteiger partial charge in [0, 0.05) is 11.2 Å². The molecule has 0 unspecified atom stereocenters. The van der Waals surface area contributed by atoms with E-state index in [9.17, 15) is 9.59 Å². The van der Waals surface area contributed by atoms with Crippen molar-refractivity contribution >= 4 is 34.8 Å². The van der Waals surface area contributed by atoms with E-state index in [-0.39, 0.29) is 5.56 Å². The molecule has 4 rings (SSSR count). The van der Waals surface area contributed by atoms with Crippen LogP contribution in [-0.2, 0) is 0 Å². The molecule has 9 heteroatoms. The molecule has 0 fully saturated rings. The van der Waals surface area contributed by atoms with E-state index in [2.05, 4.69) is 16.0 Å². The van der Waals surface area contributed by atoms with Crippen LogP contribution in [-0.4, -0.2) is 28.7 Å². The lowest BCUT2D eigenvalue weighted by Crippen LogP contribution is -2.41. The van der Waals surface area contributed by atoms with Gasteiger partial charge in [0.25, 0.3) is 11.8 Å². The molecule has 0 spiro atoms. The molecule has 0 radical (unpaired) electrons. The minimum Gasteiger partial charge on any atom is -0.496 e. The average molecular weight is 453 g/mol. The summed E-state index contributed by atoms with van der Waals surface area (Å²) in [6, 6.07) is 17.9. The maximum atomic E-state index is 12.9. The number of nitrogens with zero attached hydrogens (tertiary/aromatic N) is 2. The molecule has 0 atom stereocenters. The van der Waals surface area contributed by atoms with Crippen molar-refractivity contribution in [3.63, 3.8) is 0 Å². The topological polar surface area (TPSA) is 85.3 Å². The number of hydrazine groups is 1. The van der Waals surface area contributed by atoms with E-state index in [0.717, 1.165) is 10.6 Å². The fourth-order valence-electron chi connectivity index (χ4n) is 2.95. The van der Waals surface area contributed by atoms with E-state index < -0.39 is 11.8 Å². The van der Waals surface area contributed by atoms with Gasteiger partial charge in [0.05, 0.1) is 28.8 Å². The number of hydrogen-bond donors (Lipinski definition) is 2. The van der Waals surface area contributed by atoms with E-state index >= 15 is 0 Å². The van der Waals surface area contributed by atoms with Gasteiger partial charge >= 0.3 is 0 Å². The highest BCUT2D eigenvalue weighted by atomic mass is 35.5. The minimum absolute atomic E-state index is 0.241. The zero-order valence-corrected chi connectivity index (χ0v) is 17.9. The Balaban J connectivity index is 1.58. The number of halogens is 1. The largest absolute Gasteiger partial charge is 0.496 e. The Labute approximate surface area is 187 Å². The summed E-state index contributed by atoms with van der Waals surface area (Å²) in [6.45, 7) is 0. The summed E-state index contributed by atoms with van der Waals surface area (Å²) in [5, 5.41) is 6.93. The number of methoxy groups -OCH3 is 1. The van der Waals surface area contributed by atoms with Crippen LogP contribution in [0.3, 0.4) is 0 Å². The highest BCUT2D eigenvalue weighted by molar-refractivity contribution is 7.13. The second-order valence-electron chi connectivity index (χ2n) is 6.40. The third-order valence-corrected chi connectivity index (χ3v) is 5.54. The summed E-state index contributed by atoms with van der Waals surface area (Å²) >= 11 is 7.41. The summed E-state index contributed by atoms with van der Waals surface area (Å²) < 4.78 is 6.82. The molecule has 2 heterocycles. The van der Waals surface area contributed by atoms with Crippen molar-refractivity contribution in [3.05, 3.63) is 88.4 Å². The Morgan fingerprint density at radius 1 is 1.00 bits per heavy atom. The zero-order valence-electron chi connectivity index (χ0n) is 16.3. The molecule has 0 aliphatic carbocycles. The molecule has 31 heavy (non-hydrogen) atoms. The molecule has 156 valence electrons. The first kappa shape index (κ1) is 20.6. The lowest BCUT2D eigenvalue weighted by Gasteiger charge is -2.10. The first-order valence-electron chi connectivity index (χ1n) is 9.20. The number of hydrogen-bond acceptors (Lipinski definition) is 5. The van der Waals surface area contributed by atoms with Crippen molar-refractivity contribution in [1.82, 2.24) is 20.6 Å². The van der Waals surface area contributed by atoms with Crippen molar-refractivity contribution in [2.45, 2.75) is 0 Å². The van der Waals surface area contributed by atoms with E-state index in [0.29, 0.717) is 22.0 Å². The molecule has 2 aromatic carbocycles. The van der Waals surface area contributed by atoms with Gasteiger partial charge < -0.3 is 4.74 Å². The Morgan fingerprint density at radius 3 is 2.42 bits per heavy atom. The van der Waals surface area contributed by atoms with E-state index in [1.165, 1.54) is 30.6 Å². The van der Waals surface area contributed by atoms with Gasteiger partial charge in [0.1, 0.15) is 11.4 Å². The van der Waals surface area contributed by atoms with Crippen LogP contribution < -0.4 is 15.6 Å². The lowest BCUT2D eigenvalue weighted by atomic mass is 10.2. The molecular formula is C22H17ClN4O3S. The van der Waals surface area contributed by atoms with E-state index in [1.807, 2.05) is 47.8 Å². The van der Waals surface area contributed by atoms with Crippen molar-refractivity contribution in [3.8, 4) is 22.0 Å². The molecular weight excluding hydrogens is 436 g/mol. The molecule has 0 bridgehead atoms. The van der Waals surface area contributed by atoms with Crippen molar-refractivity contribution in [2.75, 3.05) is 7.11 Å². The number of carbonyl (C=O) groups is 2. The Bertz CT molecular complexity index is 1220. The maximum Gasteiger partial charge on any atom is 0.273 e. The average Bonchev–Trinajstić information content (AvgIpc) is 3.47. The molecule has 0 aliphatic rings. The van der Waals surface area contributed by atoms with E-state index in [4.69, 9.17) is 16.3 Å². The number of aromatic nitrogens is 2. The summed E-state index contributed by atoms with van der Waals surface area (Å²) in [4.78, 5) is 26.3. The molecule has 2 aromatic heterocycles. The van der Waals surface area contributed by atoms with E-state index in [1.54, 1.807) is 16.9 Å². The fraction of sp³-hybridized carbons (Fsp3) is 0.0455.